The minimum atomic E-state index is -4.35. The molecular formula is C24H26ClF4N5O2. The van der Waals surface area contributed by atoms with Gasteiger partial charge in [-0.05, 0) is 39.4 Å². The molecule has 1 amide bonds. The second-order valence-electron chi connectivity index (χ2n) is 9.02. The number of hydrogen-bond donors (Lipinski definition) is 0. The summed E-state index contributed by atoms with van der Waals surface area (Å²) < 4.78 is 59.8. The Bertz CT molecular complexity index is 1310. The van der Waals surface area contributed by atoms with Gasteiger partial charge in [0, 0.05) is 18.2 Å². The number of carbonyl (C=O) groups excluding carboxylic acids is 1. The summed E-state index contributed by atoms with van der Waals surface area (Å²) in [5, 5.41) is 5.09. The largest absolute Gasteiger partial charge is 0.488 e. The fourth-order valence-corrected chi connectivity index (χ4v) is 4.47. The second-order valence-corrected chi connectivity index (χ2v) is 9.40. The molecule has 36 heavy (non-hydrogen) atoms. The van der Waals surface area contributed by atoms with Crippen LogP contribution in [0, 0.1) is 19.7 Å². The third-order valence-corrected chi connectivity index (χ3v) is 6.68. The number of amides is 1. The van der Waals surface area contributed by atoms with Gasteiger partial charge in [-0.15, -0.1) is 0 Å². The molecule has 2 aromatic heterocycles. The predicted molar refractivity (Wildman–Crippen MR) is 126 cm³/mol. The number of benzene rings is 1. The number of aryl methyl sites for hydroxylation is 2. The summed E-state index contributed by atoms with van der Waals surface area (Å²) in [7, 11) is 1.33. The Balaban J connectivity index is 1.55. The van der Waals surface area contributed by atoms with Gasteiger partial charge in [0.05, 0.1) is 47.3 Å². The Labute approximate surface area is 210 Å². The quantitative estimate of drug-likeness (QED) is 0.407. The van der Waals surface area contributed by atoms with Crippen molar-refractivity contribution in [2.24, 2.45) is 0 Å². The van der Waals surface area contributed by atoms with Crippen LogP contribution >= 0.6 is 11.6 Å². The molecule has 0 unspecified atom stereocenters. The highest BCUT2D eigenvalue weighted by Gasteiger charge is 2.33. The van der Waals surface area contributed by atoms with Crippen molar-refractivity contribution in [1.82, 2.24) is 24.4 Å². The molecule has 0 saturated heterocycles. The highest BCUT2D eigenvalue weighted by atomic mass is 35.5. The van der Waals surface area contributed by atoms with Crippen molar-refractivity contribution in [3.8, 4) is 5.75 Å². The van der Waals surface area contributed by atoms with Crippen LogP contribution in [-0.4, -0.2) is 62.7 Å². The molecule has 1 aromatic carbocycles. The average Bonchev–Trinajstić information content (AvgIpc) is 3.34. The van der Waals surface area contributed by atoms with Gasteiger partial charge in [0.1, 0.15) is 17.7 Å². The average molecular weight is 528 g/mol. The van der Waals surface area contributed by atoms with E-state index < -0.39 is 30.5 Å². The van der Waals surface area contributed by atoms with Crippen molar-refractivity contribution in [3.05, 3.63) is 57.2 Å². The smallest absolute Gasteiger partial charge is 0.401 e. The molecule has 1 aliphatic heterocycles. The zero-order chi connectivity index (χ0) is 26.4. The molecule has 0 saturated carbocycles. The van der Waals surface area contributed by atoms with E-state index in [0.717, 1.165) is 28.3 Å². The molecule has 0 aliphatic carbocycles. The minimum Gasteiger partial charge on any atom is -0.488 e. The van der Waals surface area contributed by atoms with Gasteiger partial charge in [0.15, 0.2) is 5.65 Å². The van der Waals surface area contributed by atoms with E-state index in [-0.39, 0.29) is 30.9 Å². The van der Waals surface area contributed by atoms with Crippen LogP contribution in [0.1, 0.15) is 46.3 Å². The first-order chi connectivity index (χ1) is 16.9. The van der Waals surface area contributed by atoms with E-state index >= 15 is 0 Å². The van der Waals surface area contributed by atoms with E-state index in [9.17, 15) is 22.4 Å². The van der Waals surface area contributed by atoms with Crippen molar-refractivity contribution in [2.45, 2.75) is 52.6 Å². The number of ether oxygens (including phenoxy) is 1. The molecule has 0 fully saturated rings. The molecule has 0 radical (unpaired) electrons. The SMILES string of the molecule is CC[C@H](CN(C)CC(F)(F)F)Oc1cc(F)ccc1C(=O)N1Cc2nn3c(C)c(Cl)c(C)nc3c2C1. The summed E-state index contributed by atoms with van der Waals surface area (Å²) in [5.41, 5.74) is 3.64. The maximum absolute atomic E-state index is 14.1. The Hall–Kier alpha value is -2.92. The highest BCUT2D eigenvalue weighted by molar-refractivity contribution is 6.31. The van der Waals surface area contributed by atoms with Gasteiger partial charge in [-0.2, -0.15) is 18.3 Å². The van der Waals surface area contributed by atoms with Gasteiger partial charge in [-0.1, -0.05) is 18.5 Å². The van der Waals surface area contributed by atoms with E-state index in [1.54, 1.807) is 23.3 Å². The van der Waals surface area contributed by atoms with Gasteiger partial charge in [0.25, 0.3) is 5.91 Å². The van der Waals surface area contributed by atoms with Crippen LogP contribution in [0.3, 0.4) is 0 Å². The van der Waals surface area contributed by atoms with Gasteiger partial charge < -0.3 is 9.64 Å². The molecule has 194 valence electrons. The third kappa shape index (κ3) is 5.27. The molecule has 3 aromatic rings. The first-order valence-electron chi connectivity index (χ1n) is 11.4. The molecule has 1 atom stereocenters. The van der Waals surface area contributed by atoms with Crippen molar-refractivity contribution >= 4 is 23.2 Å². The van der Waals surface area contributed by atoms with Crippen LogP contribution in [0.5, 0.6) is 5.75 Å². The molecule has 1 aliphatic rings. The molecule has 0 N–H and O–H groups in total. The summed E-state index contributed by atoms with van der Waals surface area (Å²) in [6.07, 6.45) is -4.66. The number of halogens is 5. The predicted octanol–water partition coefficient (Wildman–Crippen LogP) is 4.95. The lowest BCUT2D eigenvalue weighted by atomic mass is 10.1. The van der Waals surface area contributed by atoms with Crippen LogP contribution in [0.2, 0.25) is 5.02 Å². The zero-order valence-electron chi connectivity index (χ0n) is 20.3. The fraction of sp³-hybridized carbons (Fsp3) is 0.458. The molecule has 7 nitrogen and oxygen atoms in total. The zero-order valence-corrected chi connectivity index (χ0v) is 21.0. The van der Waals surface area contributed by atoms with Crippen molar-refractivity contribution in [2.75, 3.05) is 20.1 Å². The minimum absolute atomic E-state index is 0.0115. The van der Waals surface area contributed by atoms with E-state index in [2.05, 4.69) is 10.1 Å². The first kappa shape index (κ1) is 26.2. The maximum Gasteiger partial charge on any atom is 0.401 e. The number of fused-ring (bicyclic) bond motifs is 3. The standard InChI is InChI=1S/C24H26ClF4N5O2/c1-5-16(9-32(4)12-24(27,28)29)36-20-8-15(26)6-7-17(20)23(35)33-10-18-19(11-33)31-34-14(3)21(25)13(2)30-22(18)34/h6-8,16H,5,9-12H2,1-4H3/t16-/m1/s1. The summed E-state index contributed by atoms with van der Waals surface area (Å²) >= 11 is 6.29. The lowest BCUT2D eigenvalue weighted by molar-refractivity contribution is -0.144. The van der Waals surface area contributed by atoms with Crippen molar-refractivity contribution < 1.29 is 27.1 Å². The van der Waals surface area contributed by atoms with E-state index in [4.69, 9.17) is 16.3 Å². The number of aromatic nitrogens is 3. The Morgan fingerprint density at radius 1 is 1.28 bits per heavy atom. The van der Waals surface area contributed by atoms with E-state index in [1.807, 2.05) is 6.92 Å². The fourth-order valence-electron chi connectivity index (χ4n) is 4.35. The third-order valence-electron chi connectivity index (χ3n) is 6.13. The van der Waals surface area contributed by atoms with Gasteiger partial charge in [-0.25, -0.2) is 13.9 Å². The van der Waals surface area contributed by atoms with Crippen LogP contribution < -0.4 is 4.74 Å². The van der Waals surface area contributed by atoms with Gasteiger partial charge in [-0.3, -0.25) is 9.69 Å². The molecule has 4 rings (SSSR count). The normalized spacial score (nSPS) is 14.6. The van der Waals surface area contributed by atoms with E-state index in [0.29, 0.717) is 28.5 Å². The molecule has 0 spiro atoms. The number of carbonyl (C=O) groups is 1. The van der Waals surface area contributed by atoms with Crippen LogP contribution in [0.25, 0.3) is 5.65 Å². The monoisotopic (exact) mass is 527 g/mol. The number of rotatable bonds is 7. The first-order valence-corrected chi connectivity index (χ1v) is 11.8. The Morgan fingerprint density at radius 2 is 2.00 bits per heavy atom. The Kier molecular flexibility index (Phi) is 7.16. The van der Waals surface area contributed by atoms with Crippen molar-refractivity contribution in [1.29, 1.82) is 0 Å². The second kappa shape index (κ2) is 9.85. The van der Waals surface area contributed by atoms with E-state index in [1.165, 1.54) is 13.1 Å². The maximum atomic E-state index is 14.1. The molecule has 12 heteroatoms. The number of hydrogen-bond acceptors (Lipinski definition) is 5. The highest BCUT2D eigenvalue weighted by Crippen LogP contribution is 2.32. The van der Waals surface area contributed by atoms with Crippen LogP contribution in [-0.2, 0) is 13.1 Å². The number of likely N-dealkylation sites (N-methyl/N-ethyl adjacent to an activating group) is 1. The summed E-state index contributed by atoms with van der Waals surface area (Å²) in [6.45, 7) is 4.71. The van der Waals surface area contributed by atoms with Gasteiger partial charge >= 0.3 is 6.18 Å². The Morgan fingerprint density at radius 3 is 2.67 bits per heavy atom. The summed E-state index contributed by atoms with van der Waals surface area (Å²) in [6, 6.07) is 3.57. The molecule has 0 bridgehead atoms. The number of alkyl halides is 3. The van der Waals surface area contributed by atoms with Crippen molar-refractivity contribution in [3.63, 3.8) is 0 Å². The number of nitrogens with zero attached hydrogens (tertiary/aromatic N) is 5. The lowest BCUT2D eigenvalue weighted by Crippen LogP contribution is -2.38. The van der Waals surface area contributed by atoms with Crippen LogP contribution in [0.15, 0.2) is 18.2 Å². The molecule has 3 heterocycles. The van der Waals surface area contributed by atoms with Gasteiger partial charge in [0.2, 0.25) is 0 Å². The summed E-state index contributed by atoms with van der Waals surface area (Å²) in [4.78, 5) is 20.6. The summed E-state index contributed by atoms with van der Waals surface area (Å²) in [5.74, 6) is -1.03. The lowest BCUT2D eigenvalue weighted by Gasteiger charge is -2.26. The van der Waals surface area contributed by atoms with Crippen LogP contribution in [0.4, 0.5) is 17.6 Å². The topological polar surface area (TPSA) is 63.0 Å². The molecular weight excluding hydrogens is 502 g/mol.